The molecule has 0 unspecified atom stereocenters. The molecule has 2 aromatic rings. The SMILES string of the molecule is CC(C)Oc1ccc(/C=N\Nc2ccccc2)c(OC(C)C)c1. The van der Waals surface area contributed by atoms with Crippen molar-refractivity contribution in [2.75, 3.05) is 5.43 Å². The Hall–Kier alpha value is -2.49. The van der Waals surface area contributed by atoms with Gasteiger partial charge in [0.1, 0.15) is 11.5 Å². The first-order chi connectivity index (χ1) is 11.0. The minimum Gasteiger partial charge on any atom is -0.491 e. The van der Waals surface area contributed by atoms with Crippen molar-refractivity contribution in [3.8, 4) is 11.5 Å². The van der Waals surface area contributed by atoms with Gasteiger partial charge in [0.25, 0.3) is 0 Å². The van der Waals surface area contributed by atoms with Crippen LogP contribution >= 0.6 is 0 Å². The number of benzene rings is 2. The number of hydrogen-bond acceptors (Lipinski definition) is 4. The molecule has 1 N–H and O–H groups in total. The first-order valence-corrected chi connectivity index (χ1v) is 7.86. The fourth-order valence-electron chi connectivity index (χ4n) is 2.01. The maximum atomic E-state index is 5.87. The van der Waals surface area contributed by atoms with Gasteiger partial charge in [0.15, 0.2) is 0 Å². The summed E-state index contributed by atoms with van der Waals surface area (Å²) in [6.45, 7) is 8.00. The second-order valence-electron chi connectivity index (χ2n) is 5.77. The highest BCUT2D eigenvalue weighted by atomic mass is 16.5. The number of hydrazone groups is 1. The van der Waals surface area contributed by atoms with Gasteiger partial charge in [0.05, 0.1) is 24.1 Å². The monoisotopic (exact) mass is 312 g/mol. The summed E-state index contributed by atoms with van der Waals surface area (Å²) in [5, 5.41) is 4.27. The minimum atomic E-state index is 0.0820. The molecule has 2 rings (SSSR count). The largest absolute Gasteiger partial charge is 0.491 e. The highest BCUT2D eigenvalue weighted by Gasteiger charge is 2.07. The van der Waals surface area contributed by atoms with Crippen LogP contribution in [0.2, 0.25) is 0 Å². The molecular weight excluding hydrogens is 288 g/mol. The maximum absolute atomic E-state index is 5.87. The zero-order chi connectivity index (χ0) is 16.7. The zero-order valence-corrected chi connectivity index (χ0v) is 14.1. The van der Waals surface area contributed by atoms with Crippen molar-refractivity contribution in [1.29, 1.82) is 0 Å². The van der Waals surface area contributed by atoms with Crippen LogP contribution in [0.1, 0.15) is 33.3 Å². The summed E-state index contributed by atoms with van der Waals surface area (Å²) in [7, 11) is 0. The van der Waals surface area contributed by atoms with Gasteiger partial charge in [-0.3, -0.25) is 5.43 Å². The van der Waals surface area contributed by atoms with Crippen molar-refractivity contribution < 1.29 is 9.47 Å². The van der Waals surface area contributed by atoms with Crippen LogP contribution in [0.15, 0.2) is 53.6 Å². The summed E-state index contributed by atoms with van der Waals surface area (Å²) in [4.78, 5) is 0. The van der Waals surface area contributed by atoms with E-state index in [0.29, 0.717) is 0 Å². The van der Waals surface area contributed by atoms with Crippen molar-refractivity contribution in [2.24, 2.45) is 5.10 Å². The molecule has 0 aliphatic heterocycles. The van der Waals surface area contributed by atoms with Crippen LogP contribution in [-0.2, 0) is 0 Å². The smallest absolute Gasteiger partial charge is 0.132 e. The minimum absolute atomic E-state index is 0.0820. The standard InChI is InChI=1S/C19H24N2O2/c1-14(2)22-18-11-10-16(19(12-18)23-15(3)4)13-20-21-17-8-6-5-7-9-17/h5-15,21H,1-4H3/b20-13-. The molecule has 0 saturated carbocycles. The van der Waals surface area contributed by atoms with Gasteiger partial charge >= 0.3 is 0 Å². The van der Waals surface area contributed by atoms with Crippen LogP contribution in [0.3, 0.4) is 0 Å². The highest BCUT2D eigenvalue weighted by Crippen LogP contribution is 2.25. The van der Waals surface area contributed by atoms with Crippen LogP contribution in [0, 0.1) is 0 Å². The molecule has 0 heterocycles. The summed E-state index contributed by atoms with van der Waals surface area (Å²) in [5.41, 5.74) is 4.84. The predicted molar refractivity (Wildman–Crippen MR) is 95.6 cm³/mol. The quantitative estimate of drug-likeness (QED) is 0.595. The molecule has 0 amide bonds. The number of anilines is 1. The number of rotatable bonds is 7. The molecule has 0 aliphatic rings. The Morgan fingerprint density at radius 2 is 1.61 bits per heavy atom. The molecule has 4 nitrogen and oxygen atoms in total. The van der Waals surface area contributed by atoms with Gasteiger partial charge in [-0.1, -0.05) is 18.2 Å². The highest BCUT2D eigenvalue weighted by molar-refractivity contribution is 5.84. The van der Waals surface area contributed by atoms with Crippen molar-refractivity contribution in [3.63, 3.8) is 0 Å². The molecule has 0 aliphatic carbocycles. The number of para-hydroxylation sites is 1. The Kier molecular flexibility index (Phi) is 6.03. The van der Waals surface area contributed by atoms with Gasteiger partial charge in [-0.15, -0.1) is 0 Å². The zero-order valence-electron chi connectivity index (χ0n) is 14.1. The summed E-state index contributed by atoms with van der Waals surface area (Å²) < 4.78 is 11.6. The van der Waals surface area contributed by atoms with Gasteiger partial charge in [0, 0.05) is 11.6 Å². The summed E-state index contributed by atoms with van der Waals surface area (Å²) in [6, 6.07) is 15.6. The van der Waals surface area contributed by atoms with Gasteiger partial charge in [-0.25, -0.2) is 0 Å². The number of hydrogen-bond donors (Lipinski definition) is 1. The molecule has 4 heteroatoms. The molecule has 0 bridgehead atoms. The number of nitrogens with one attached hydrogen (secondary N) is 1. The first kappa shape index (κ1) is 16.9. The van der Waals surface area contributed by atoms with Gasteiger partial charge < -0.3 is 9.47 Å². The molecule has 0 spiro atoms. The van der Waals surface area contributed by atoms with Crippen LogP contribution < -0.4 is 14.9 Å². The maximum Gasteiger partial charge on any atom is 0.132 e. The van der Waals surface area contributed by atoms with E-state index in [0.717, 1.165) is 22.7 Å². The Bertz CT molecular complexity index is 637. The summed E-state index contributed by atoms with van der Waals surface area (Å²) in [6.07, 6.45) is 1.96. The lowest BCUT2D eigenvalue weighted by molar-refractivity contribution is 0.229. The van der Waals surface area contributed by atoms with Gasteiger partial charge in [0.2, 0.25) is 0 Å². The van der Waals surface area contributed by atoms with E-state index in [4.69, 9.17) is 9.47 Å². The fourth-order valence-corrected chi connectivity index (χ4v) is 2.01. The normalized spacial score (nSPS) is 11.2. The van der Waals surface area contributed by atoms with E-state index in [1.54, 1.807) is 6.21 Å². The third-order valence-electron chi connectivity index (χ3n) is 2.89. The van der Waals surface area contributed by atoms with Gasteiger partial charge in [-0.2, -0.15) is 5.10 Å². The first-order valence-electron chi connectivity index (χ1n) is 7.86. The van der Waals surface area contributed by atoms with E-state index in [-0.39, 0.29) is 12.2 Å². The van der Waals surface area contributed by atoms with Crippen LogP contribution in [0.4, 0.5) is 5.69 Å². The molecule has 0 saturated heterocycles. The predicted octanol–water partition coefficient (Wildman–Crippen LogP) is 4.71. The van der Waals surface area contributed by atoms with E-state index >= 15 is 0 Å². The lowest BCUT2D eigenvalue weighted by Gasteiger charge is -2.15. The van der Waals surface area contributed by atoms with Gasteiger partial charge in [-0.05, 0) is 52.0 Å². The molecule has 122 valence electrons. The summed E-state index contributed by atoms with van der Waals surface area (Å²) in [5.74, 6) is 1.56. The summed E-state index contributed by atoms with van der Waals surface area (Å²) >= 11 is 0. The second-order valence-corrected chi connectivity index (χ2v) is 5.77. The Morgan fingerprint density at radius 3 is 2.26 bits per heavy atom. The Balaban J connectivity index is 2.15. The second kappa shape index (κ2) is 8.22. The van der Waals surface area contributed by atoms with Crippen LogP contribution in [0.5, 0.6) is 11.5 Å². The Labute approximate surface area is 138 Å². The van der Waals surface area contributed by atoms with E-state index in [1.165, 1.54) is 0 Å². The molecule has 0 radical (unpaired) electrons. The number of nitrogens with zero attached hydrogens (tertiary/aromatic N) is 1. The Morgan fingerprint density at radius 1 is 0.913 bits per heavy atom. The van der Waals surface area contributed by atoms with Crippen molar-refractivity contribution in [2.45, 2.75) is 39.9 Å². The number of ether oxygens (including phenoxy) is 2. The van der Waals surface area contributed by atoms with E-state index in [2.05, 4.69) is 10.5 Å². The topological polar surface area (TPSA) is 42.8 Å². The lowest BCUT2D eigenvalue weighted by atomic mass is 10.2. The molecule has 0 fully saturated rings. The lowest BCUT2D eigenvalue weighted by Crippen LogP contribution is -2.09. The van der Waals surface area contributed by atoms with Crippen molar-refractivity contribution in [1.82, 2.24) is 0 Å². The van der Waals surface area contributed by atoms with E-state index in [1.807, 2.05) is 76.2 Å². The van der Waals surface area contributed by atoms with Crippen molar-refractivity contribution in [3.05, 3.63) is 54.1 Å². The molecule has 2 aromatic carbocycles. The van der Waals surface area contributed by atoms with E-state index in [9.17, 15) is 0 Å². The third-order valence-corrected chi connectivity index (χ3v) is 2.89. The average Bonchev–Trinajstić information content (AvgIpc) is 2.49. The van der Waals surface area contributed by atoms with E-state index < -0.39 is 0 Å². The molecule has 0 atom stereocenters. The molecule has 23 heavy (non-hydrogen) atoms. The fraction of sp³-hybridized carbons (Fsp3) is 0.316. The molecule has 0 aromatic heterocycles. The molecular formula is C19H24N2O2. The third kappa shape index (κ3) is 5.66. The average molecular weight is 312 g/mol. The van der Waals surface area contributed by atoms with Crippen LogP contribution in [-0.4, -0.2) is 18.4 Å². The van der Waals surface area contributed by atoms with Crippen molar-refractivity contribution >= 4 is 11.9 Å². The van der Waals surface area contributed by atoms with Crippen LogP contribution in [0.25, 0.3) is 0 Å².